The van der Waals surface area contributed by atoms with Crippen molar-refractivity contribution >= 4 is 33.4 Å². The van der Waals surface area contributed by atoms with Gasteiger partial charge in [0.1, 0.15) is 0 Å². The van der Waals surface area contributed by atoms with Crippen LogP contribution >= 0.6 is 15.9 Å². The van der Waals surface area contributed by atoms with E-state index in [2.05, 4.69) is 21.2 Å². The molecule has 0 bridgehead atoms. The number of amides is 2. The van der Waals surface area contributed by atoms with Gasteiger partial charge in [0.05, 0.1) is 22.7 Å². The molecule has 0 saturated carbocycles. The van der Waals surface area contributed by atoms with Crippen molar-refractivity contribution in [3.63, 3.8) is 0 Å². The summed E-state index contributed by atoms with van der Waals surface area (Å²) in [6.45, 7) is 7.00. The lowest BCUT2D eigenvalue weighted by atomic mass is 10.1. The number of nitrogens with one attached hydrogen (secondary N) is 1. The summed E-state index contributed by atoms with van der Waals surface area (Å²) < 4.78 is 11.7. The van der Waals surface area contributed by atoms with Gasteiger partial charge >= 0.3 is 0 Å². The number of nitrogens with zero attached hydrogens (tertiary/aromatic N) is 2. The lowest BCUT2D eigenvalue weighted by molar-refractivity contribution is -0.118. The number of hydrogen-bond donors (Lipinski definition) is 1. The highest BCUT2D eigenvalue weighted by molar-refractivity contribution is 9.10. The Hall–Kier alpha value is -3.05. The van der Waals surface area contributed by atoms with Crippen LogP contribution in [0.25, 0.3) is 0 Å². The zero-order chi connectivity index (χ0) is 22.1. The highest BCUT2D eigenvalue weighted by Crippen LogP contribution is 2.36. The summed E-state index contributed by atoms with van der Waals surface area (Å²) in [6.07, 6.45) is 0. The molecule has 7 nitrogen and oxygen atoms in total. The van der Waals surface area contributed by atoms with Crippen molar-refractivity contribution < 1.29 is 19.1 Å². The van der Waals surface area contributed by atoms with Gasteiger partial charge in [0.2, 0.25) is 0 Å². The Morgan fingerprint density at radius 1 is 1.13 bits per heavy atom. The molecule has 0 heterocycles. The van der Waals surface area contributed by atoms with E-state index in [0.717, 1.165) is 0 Å². The van der Waals surface area contributed by atoms with Gasteiger partial charge in [-0.2, -0.15) is 5.26 Å². The number of rotatable bonds is 9. The Morgan fingerprint density at radius 2 is 1.87 bits per heavy atom. The molecular formula is C22H24BrN3O4. The summed E-state index contributed by atoms with van der Waals surface area (Å²) in [5, 5.41) is 11.8. The van der Waals surface area contributed by atoms with Gasteiger partial charge in [-0.3, -0.25) is 9.59 Å². The number of hydrogen-bond acceptors (Lipinski definition) is 5. The van der Waals surface area contributed by atoms with Crippen molar-refractivity contribution in [2.75, 3.05) is 31.6 Å². The number of nitriles is 1. The highest BCUT2D eigenvalue weighted by atomic mass is 79.9. The molecule has 0 saturated heterocycles. The van der Waals surface area contributed by atoms with Gasteiger partial charge in [-0.25, -0.2) is 0 Å². The number of benzene rings is 2. The molecule has 30 heavy (non-hydrogen) atoms. The first kappa shape index (κ1) is 23.2. The summed E-state index contributed by atoms with van der Waals surface area (Å²) in [6, 6.07) is 12.0. The van der Waals surface area contributed by atoms with E-state index in [1.807, 2.05) is 26.8 Å². The van der Waals surface area contributed by atoms with Gasteiger partial charge < -0.3 is 19.7 Å². The van der Waals surface area contributed by atoms with Gasteiger partial charge in [0, 0.05) is 30.4 Å². The first-order valence-electron chi connectivity index (χ1n) is 9.61. The molecule has 8 heteroatoms. The molecule has 0 aliphatic heterocycles. The minimum absolute atomic E-state index is 0.0878. The van der Waals surface area contributed by atoms with Crippen LogP contribution in [-0.4, -0.2) is 43.0 Å². The molecule has 0 atom stereocenters. The first-order valence-corrected chi connectivity index (χ1v) is 10.4. The minimum Gasteiger partial charge on any atom is -0.490 e. The average Bonchev–Trinajstić information content (AvgIpc) is 2.74. The molecule has 2 aromatic rings. The molecular weight excluding hydrogens is 450 g/mol. The predicted octanol–water partition coefficient (Wildman–Crippen LogP) is 4.22. The van der Waals surface area contributed by atoms with Crippen molar-refractivity contribution in [2.45, 2.75) is 20.8 Å². The fourth-order valence-electron chi connectivity index (χ4n) is 2.79. The van der Waals surface area contributed by atoms with E-state index in [4.69, 9.17) is 14.7 Å². The zero-order valence-electron chi connectivity index (χ0n) is 17.2. The van der Waals surface area contributed by atoms with Gasteiger partial charge in [0.25, 0.3) is 11.8 Å². The molecule has 158 valence electrons. The smallest absolute Gasteiger partial charge is 0.262 e. The van der Waals surface area contributed by atoms with E-state index in [1.54, 1.807) is 41.3 Å². The van der Waals surface area contributed by atoms with Crippen LogP contribution in [-0.2, 0) is 4.79 Å². The van der Waals surface area contributed by atoms with Gasteiger partial charge in [-0.05, 0) is 61.0 Å². The van der Waals surface area contributed by atoms with Crippen LogP contribution in [0.4, 0.5) is 5.69 Å². The number of carbonyl (C=O) groups excluding carboxylic acids is 2. The van der Waals surface area contributed by atoms with Crippen LogP contribution in [0.3, 0.4) is 0 Å². The number of anilines is 1. The lowest BCUT2D eigenvalue weighted by Crippen LogP contribution is -2.30. The fourth-order valence-corrected chi connectivity index (χ4v) is 3.35. The van der Waals surface area contributed by atoms with Gasteiger partial charge in [-0.15, -0.1) is 0 Å². The molecule has 2 amide bonds. The molecule has 0 aliphatic carbocycles. The van der Waals surface area contributed by atoms with Gasteiger partial charge in [0.15, 0.2) is 18.1 Å². The first-order chi connectivity index (χ1) is 14.4. The Morgan fingerprint density at radius 3 is 2.50 bits per heavy atom. The largest absolute Gasteiger partial charge is 0.490 e. The molecule has 1 N–H and O–H groups in total. The van der Waals surface area contributed by atoms with Gasteiger partial charge in [-0.1, -0.05) is 6.07 Å². The topological polar surface area (TPSA) is 91.7 Å². The summed E-state index contributed by atoms with van der Waals surface area (Å²) in [4.78, 5) is 26.6. The van der Waals surface area contributed by atoms with Crippen molar-refractivity contribution in [2.24, 2.45) is 0 Å². The molecule has 0 unspecified atom stereocenters. The summed E-state index contributed by atoms with van der Waals surface area (Å²) in [5.74, 6) is 0.246. The van der Waals surface area contributed by atoms with Crippen molar-refractivity contribution in [3.05, 3.63) is 52.0 Å². The fraction of sp³-hybridized carbons (Fsp3) is 0.318. The van der Waals surface area contributed by atoms with E-state index >= 15 is 0 Å². The lowest BCUT2D eigenvalue weighted by Gasteiger charge is -2.19. The second kappa shape index (κ2) is 11.2. The van der Waals surface area contributed by atoms with Crippen LogP contribution < -0.4 is 14.8 Å². The maximum Gasteiger partial charge on any atom is 0.262 e. The third-order valence-corrected chi connectivity index (χ3v) is 4.82. The summed E-state index contributed by atoms with van der Waals surface area (Å²) in [7, 11) is 0. The SMILES string of the molecule is CCOc1cc(C#N)cc(Br)c1OCC(=O)Nc1cccc(C(=O)N(CC)CC)c1. The Labute approximate surface area is 184 Å². The second-order valence-electron chi connectivity index (χ2n) is 6.23. The second-order valence-corrected chi connectivity index (χ2v) is 7.08. The Balaban J connectivity index is 2.08. The highest BCUT2D eigenvalue weighted by Gasteiger charge is 2.16. The van der Waals surface area contributed by atoms with Crippen LogP contribution in [0.5, 0.6) is 11.5 Å². The molecule has 0 spiro atoms. The normalized spacial score (nSPS) is 10.1. The summed E-state index contributed by atoms with van der Waals surface area (Å²) in [5.41, 5.74) is 1.42. The van der Waals surface area contributed by atoms with Crippen LogP contribution in [0, 0.1) is 11.3 Å². The Kier molecular flexibility index (Phi) is 8.69. The predicted molar refractivity (Wildman–Crippen MR) is 118 cm³/mol. The number of halogens is 1. The molecule has 2 rings (SSSR count). The third-order valence-electron chi connectivity index (χ3n) is 4.23. The van der Waals surface area contributed by atoms with Crippen molar-refractivity contribution in [3.8, 4) is 17.6 Å². The molecule has 2 aromatic carbocycles. The quantitative estimate of drug-likeness (QED) is 0.588. The minimum atomic E-state index is -0.388. The van der Waals surface area contributed by atoms with E-state index in [1.165, 1.54) is 0 Å². The molecule has 0 aromatic heterocycles. The standard InChI is InChI=1S/C22H24BrN3O4/c1-4-26(5-2)22(28)16-8-7-9-17(12-16)25-20(27)14-30-21-18(23)10-15(13-24)11-19(21)29-6-3/h7-12H,4-6,14H2,1-3H3,(H,25,27). The molecule has 0 aliphatic rings. The molecule has 0 fully saturated rings. The van der Waals surface area contributed by atoms with Crippen LogP contribution in [0.2, 0.25) is 0 Å². The van der Waals surface area contributed by atoms with Crippen LogP contribution in [0.15, 0.2) is 40.9 Å². The van der Waals surface area contributed by atoms with Crippen LogP contribution in [0.1, 0.15) is 36.7 Å². The Bertz CT molecular complexity index is 952. The third kappa shape index (κ3) is 5.97. The van der Waals surface area contributed by atoms with Crippen molar-refractivity contribution in [1.82, 2.24) is 4.90 Å². The van der Waals surface area contributed by atoms with E-state index in [-0.39, 0.29) is 18.4 Å². The average molecular weight is 474 g/mol. The van der Waals surface area contributed by atoms with E-state index in [0.29, 0.717) is 52.5 Å². The van der Waals surface area contributed by atoms with E-state index < -0.39 is 0 Å². The monoisotopic (exact) mass is 473 g/mol. The summed E-state index contributed by atoms with van der Waals surface area (Å²) >= 11 is 3.35. The number of ether oxygens (including phenoxy) is 2. The zero-order valence-corrected chi connectivity index (χ0v) is 18.8. The van der Waals surface area contributed by atoms with Crippen molar-refractivity contribution in [1.29, 1.82) is 5.26 Å². The van der Waals surface area contributed by atoms with E-state index in [9.17, 15) is 9.59 Å². The maximum atomic E-state index is 12.5. The molecule has 0 radical (unpaired) electrons. The number of carbonyl (C=O) groups is 2. The maximum absolute atomic E-state index is 12.5.